The lowest BCUT2D eigenvalue weighted by atomic mass is 10.2. The van der Waals surface area contributed by atoms with E-state index < -0.39 is 25.0 Å². The van der Waals surface area contributed by atoms with E-state index in [-0.39, 0.29) is 9.90 Å². The van der Waals surface area contributed by atoms with E-state index in [4.69, 9.17) is 16.7 Å². The van der Waals surface area contributed by atoms with Crippen molar-refractivity contribution in [2.45, 2.75) is 5.92 Å². The van der Waals surface area contributed by atoms with Gasteiger partial charge >= 0.3 is 0 Å². The molecule has 19 heavy (non-hydrogen) atoms. The Morgan fingerprint density at radius 2 is 2.11 bits per heavy atom. The molecule has 1 aromatic carbocycles. The van der Waals surface area contributed by atoms with Crippen LogP contribution in [0.15, 0.2) is 24.3 Å². The van der Waals surface area contributed by atoms with E-state index in [2.05, 4.69) is 5.32 Å². The van der Waals surface area contributed by atoms with Crippen molar-refractivity contribution in [1.82, 2.24) is 5.32 Å². The van der Waals surface area contributed by atoms with Gasteiger partial charge in [0.05, 0.1) is 11.6 Å². The molecule has 102 valence electrons. The van der Waals surface area contributed by atoms with Crippen LogP contribution in [0.25, 0.3) is 10.1 Å². The van der Waals surface area contributed by atoms with Crippen molar-refractivity contribution < 1.29 is 18.7 Å². The van der Waals surface area contributed by atoms with Gasteiger partial charge in [0.2, 0.25) is 0 Å². The lowest BCUT2D eigenvalue weighted by molar-refractivity contribution is -0.0461. The summed E-state index contributed by atoms with van der Waals surface area (Å²) in [4.78, 5) is 12.0. The maximum absolute atomic E-state index is 12.8. The highest BCUT2D eigenvalue weighted by atomic mass is 35.5. The normalized spacial score (nSPS) is 11.8. The zero-order valence-corrected chi connectivity index (χ0v) is 11.2. The molecule has 1 amide bonds. The van der Waals surface area contributed by atoms with Gasteiger partial charge in [0, 0.05) is 10.1 Å². The second-order valence-electron chi connectivity index (χ2n) is 3.94. The molecule has 0 saturated carbocycles. The van der Waals surface area contributed by atoms with Crippen LogP contribution < -0.4 is 5.32 Å². The summed E-state index contributed by atoms with van der Waals surface area (Å²) in [5, 5.41) is 11.5. The van der Waals surface area contributed by atoms with Crippen molar-refractivity contribution in [3.8, 4) is 0 Å². The predicted octanol–water partition coefficient (Wildman–Crippen LogP) is 2.91. The quantitative estimate of drug-likeness (QED) is 0.912. The number of hydrogen-bond donors (Lipinski definition) is 2. The van der Waals surface area contributed by atoms with E-state index in [1.807, 2.05) is 0 Å². The van der Waals surface area contributed by atoms with Crippen LogP contribution in [0.1, 0.15) is 9.67 Å². The molecule has 1 heterocycles. The van der Waals surface area contributed by atoms with Gasteiger partial charge in [0.1, 0.15) is 11.5 Å². The highest BCUT2D eigenvalue weighted by molar-refractivity contribution is 7.21. The molecule has 1 aromatic heterocycles. The van der Waals surface area contributed by atoms with Crippen molar-refractivity contribution in [1.29, 1.82) is 0 Å². The first-order valence-electron chi connectivity index (χ1n) is 5.38. The number of aliphatic hydroxyl groups excluding tert-OH is 1. The van der Waals surface area contributed by atoms with Gasteiger partial charge in [-0.25, -0.2) is 8.78 Å². The Labute approximate surface area is 116 Å². The third-order valence-electron chi connectivity index (χ3n) is 2.48. The Morgan fingerprint density at radius 3 is 2.74 bits per heavy atom. The molecule has 0 aliphatic heterocycles. The topological polar surface area (TPSA) is 49.3 Å². The Bertz CT molecular complexity index is 615. The van der Waals surface area contributed by atoms with E-state index in [1.54, 1.807) is 24.3 Å². The first-order chi connectivity index (χ1) is 8.94. The minimum absolute atomic E-state index is 0.191. The molecule has 0 aliphatic rings. The number of nitrogens with one attached hydrogen (secondary N) is 1. The molecule has 0 aliphatic carbocycles. The maximum atomic E-state index is 12.8. The summed E-state index contributed by atoms with van der Waals surface area (Å²) in [7, 11) is 0. The third-order valence-corrected chi connectivity index (χ3v) is 4.15. The number of benzene rings is 1. The van der Waals surface area contributed by atoms with Crippen LogP contribution >= 0.6 is 22.9 Å². The number of hydrogen-bond acceptors (Lipinski definition) is 3. The molecule has 3 nitrogen and oxygen atoms in total. The van der Waals surface area contributed by atoms with E-state index in [0.717, 1.165) is 16.0 Å². The SMILES string of the molecule is O=C(NCC(F)(F)CO)c1sc2ccccc2c1Cl. The van der Waals surface area contributed by atoms with Crippen molar-refractivity contribution in [2.24, 2.45) is 0 Å². The summed E-state index contributed by atoms with van der Waals surface area (Å²) in [5.74, 6) is -4.00. The highest BCUT2D eigenvalue weighted by Gasteiger charge is 2.29. The van der Waals surface area contributed by atoms with Crippen LogP contribution in [0.5, 0.6) is 0 Å². The summed E-state index contributed by atoms with van der Waals surface area (Å²) in [6.45, 7) is -2.24. The summed E-state index contributed by atoms with van der Waals surface area (Å²) < 4.78 is 26.5. The molecule has 2 N–H and O–H groups in total. The number of thiophene rings is 1. The minimum atomic E-state index is -3.33. The number of aliphatic hydroxyl groups is 1. The van der Waals surface area contributed by atoms with Crippen LogP contribution in [-0.4, -0.2) is 30.1 Å². The molecular weight excluding hydrogens is 296 g/mol. The van der Waals surface area contributed by atoms with Gasteiger partial charge in [-0.1, -0.05) is 29.8 Å². The smallest absolute Gasteiger partial charge is 0.287 e. The number of fused-ring (bicyclic) bond motifs is 1. The van der Waals surface area contributed by atoms with Crippen LogP contribution in [0.4, 0.5) is 8.78 Å². The van der Waals surface area contributed by atoms with Crippen molar-refractivity contribution in [2.75, 3.05) is 13.2 Å². The number of carbonyl (C=O) groups excluding carboxylic acids is 1. The lowest BCUT2D eigenvalue weighted by Gasteiger charge is -2.13. The second kappa shape index (κ2) is 5.40. The average molecular weight is 306 g/mol. The van der Waals surface area contributed by atoms with Crippen LogP contribution in [-0.2, 0) is 0 Å². The Balaban J connectivity index is 2.20. The molecule has 2 rings (SSSR count). The number of halogens is 3. The fraction of sp³-hybridized carbons (Fsp3) is 0.250. The number of alkyl halides is 2. The second-order valence-corrected chi connectivity index (χ2v) is 5.37. The van der Waals surface area contributed by atoms with Gasteiger partial charge in [0.25, 0.3) is 11.8 Å². The van der Waals surface area contributed by atoms with Crippen LogP contribution in [0.3, 0.4) is 0 Å². The lowest BCUT2D eigenvalue weighted by Crippen LogP contribution is -2.38. The minimum Gasteiger partial charge on any atom is -0.390 e. The van der Waals surface area contributed by atoms with Gasteiger partial charge in [-0.15, -0.1) is 11.3 Å². The fourth-order valence-electron chi connectivity index (χ4n) is 1.51. The Morgan fingerprint density at radius 1 is 1.42 bits per heavy atom. The molecule has 0 saturated heterocycles. The number of rotatable bonds is 4. The standard InChI is InChI=1S/C12H10ClF2NO2S/c13-9-7-3-1-2-4-8(7)19-10(9)11(18)16-5-12(14,15)6-17/h1-4,17H,5-6H2,(H,16,18). The summed E-state index contributed by atoms with van der Waals surface area (Å²) >= 11 is 7.19. The first kappa shape index (κ1) is 14.2. The van der Waals surface area contributed by atoms with E-state index in [9.17, 15) is 13.6 Å². The van der Waals surface area contributed by atoms with Gasteiger partial charge in [-0.2, -0.15) is 0 Å². The Kier molecular flexibility index (Phi) is 4.03. The van der Waals surface area contributed by atoms with Gasteiger partial charge < -0.3 is 10.4 Å². The number of carbonyl (C=O) groups is 1. The van der Waals surface area contributed by atoms with Gasteiger partial charge in [-0.05, 0) is 6.07 Å². The van der Waals surface area contributed by atoms with Crippen molar-refractivity contribution >= 4 is 38.9 Å². The summed E-state index contributed by atoms with van der Waals surface area (Å²) in [6.07, 6.45) is 0. The zero-order valence-electron chi connectivity index (χ0n) is 9.62. The van der Waals surface area contributed by atoms with Crippen molar-refractivity contribution in [3.63, 3.8) is 0 Å². The van der Waals surface area contributed by atoms with Crippen LogP contribution in [0, 0.1) is 0 Å². The van der Waals surface area contributed by atoms with Gasteiger partial charge in [0.15, 0.2) is 0 Å². The average Bonchev–Trinajstić information content (AvgIpc) is 2.74. The molecule has 0 fully saturated rings. The zero-order chi connectivity index (χ0) is 14.0. The van der Waals surface area contributed by atoms with Gasteiger partial charge in [-0.3, -0.25) is 4.79 Å². The predicted molar refractivity (Wildman–Crippen MR) is 71.2 cm³/mol. The summed E-state index contributed by atoms with van der Waals surface area (Å²) in [5.41, 5.74) is 0. The maximum Gasteiger partial charge on any atom is 0.287 e. The molecule has 0 unspecified atom stereocenters. The first-order valence-corrected chi connectivity index (χ1v) is 6.58. The molecule has 7 heteroatoms. The molecule has 0 bridgehead atoms. The molecule has 0 spiro atoms. The molecule has 2 aromatic rings. The van der Waals surface area contributed by atoms with Crippen molar-refractivity contribution in [3.05, 3.63) is 34.2 Å². The molecule has 0 radical (unpaired) electrons. The summed E-state index contributed by atoms with van der Waals surface area (Å²) in [6, 6.07) is 7.14. The molecular formula is C12H10ClF2NO2S. The monoisotopic (exact) mass is 305 g/mol. The van der Waals surface area contributed by atoms with E-state index in [1.165, 1.54) is 0 Å². The fourth-order valence-corrected chi connectivity index (χ4v) is 2.94. The van der Waals surface area contributed by atoms with E-state index >= 15 is 0 Å². The molecule has 0 atom stereocenters. The third kappa shape index (κ3) is 3.02. The Hall–Kier alpha value is -1.24. The highest BCUT2D eigenvalue weighted by Crippen LogP contribution is 2.35. The van der Waals surface area contributed by atoms with Crippen LogP contribution in [0.2, 0.25) is 5.02 Å². The number of amides is 1. The van der Waals surface area contributed by atoms with E-state index in [0.29, 0.717) is 5.39 Å². The largest absolute Gasteiger partial charge is 0.390 e.